The molecule has 0 saturated carbocycles. The van der Waals surface area contributed by atoms with Crippen LogP contribution in [-0.4, -0.2) is 4.57 Å². The molecule has 2 heteroatoms. The summed E-state index contributed by atoms with van der Waals surface area (Å²) in [4.78, 5) is 2.33. The van der Waals surface area contributed by atoms with Gasteiger partial charge < -0.3 is 9.47 Å². The molecular formula is C48H34N2. The van der Waals surface area contributed by atoms with Gasteiger partial charge >= 0.3 is 0 Å². The molecule has 1 aromatic heterocycles. The van der Waals surface area contributed by atoms with Gasteiger partial charge in [-0.05, 0) is 106 Å². The third-order valence-electron chi connectivity index (χ3n) is 9.57. The summed E-state index contributed by atoms with van der Waals surface area (Å²) in [6.07, 6.45) is 0. The average Bonchev–Trinajstić information content (AvgIpc) is 3.53. The first-order chi connectivity index (χ1) is 24.8. The number of nitrogens with zero attached hydrogens (tertiary/aromatic N) is 2. The first-order valence-electron chi connectivity index (χ1n) is 17.1. The highest BCUT2D eigenvalue weighted by atomic mass is 15.1. The van der Waals surface area contributed by atoms with E-state index in [2.05, 4.69) is 216 Å². The fourth-order valence-corrected chi connectivity index (χ4v) is 7.17. The summed E-state index contributed by atoms with van der Waals surface area (Å²) >= 11 is 0. The van der Waals surface area contributed by atoms with E-state index in [1.54, 1.807) is 0 Å². The Morgan fingerprint density at radius 1 is 0.280 bits per heavy atom. The molecule has 0 radical (unpaired) electrons. The van der Waals surface area contributed by atoms with Crippen LogP contribution in [0.2, 0.25) is 0 Å². The van der Waals surface area contributed by atoms with E-state index >= 15 is 0 Å². The quantitative estimate of drug-likeness (QED) is 0.169. The van der Waals surface area contributed by atoms with Crippen molar-refractivity contribution in [1.29, 1.82) is 0 Å². The van der Waals surface area contributed by atoms with Gasteiger partial charge in [0.15, 0.2) is 0 Å². The van der Waals surface area contributed by atoms with Crippen molar-refractivity contribution in [2.45, 2.75) is 0 Å². The van der Waals surface area contributed by atoms with E-state index < -0.39 is 0 Å². The summed E-state index contributed by atoms with van der Waals surface area (Å²) in [5.41, 5.74) is 14.1. The van der Waals surface area contributed by atoms with Crippen LogP contribution in [0.25, 0.3) is 60.9 Å². The van der Waals surface area contributed by atoms with Crippen molar-refractivity contribution in [1.82, 2.24) is 4.57 Å². The molecule has 0 aliphatic heterocycles. The fraction of sp³-hybridized carbons (Fsp3) is 0. The van der Waals surface area contributed by atoms with E-state index in [1.807, 2.05) is 0 Å². The van der Waals surface area contributed by atoms with Gasteiger partial charge in [0.2, 0.25) is 0 Å². The minimum atomic E-state index is 1.11. The van der Waals surface area contributed by atoms with Crippen LogP contribution in [0.5, 0.6) is 0 Å². The van der Waals surface area contributed by atoms with E-state index in [0.717, 1.165) is 17.1 Å². The van der Waals surface area contributed by atoms with Crippen LogP contribution in [0, 0.1) is 0 Å². The maximum absolute atomic E-state index is 2.37. The smallest absolute Gasteiger partial charge is 0.0541 e. The number of fused-ring (bicyclic) bond motifs is 3. The molecule has 0 spiro atoms. The number of rotatable bonds is 7. The zero-order valence-electron chi connectivity index (χ0n) is 27.5. The molecular weight excluding hydrogens is 605 g/mol. The van der Waals surface area contributed by atoms with E-state index in [0.29, 0.717) is 0 Å². The summed E-state index contributed by atoms with van der Waals surface area (Å²) in [6, 6.07) is 74.0. The summed E-state index contributed by atoms with van der Waals surface area (Å²) in [7, 11) is 0. The van der Waals surface area contributed by atoms with Crippen molar-refractivity contribution in [2.24, 2.45) is 0 Å². The van der Waals surface area contributed by atoms with Gasteiger partial charge in [-0.1, -0.05) is 133 Å². The van der Waals surface area contributed by atoms with Crippen molar-refractivity contribution >= 4 is 38.9 Å². The molecule has 0 saturated heterocycles. The van der Waals surface area contributed by atoms with E-state index in [-0.39, 0.29) is 0 Å². The number of hydrogen-bond donors (Lipinski definition) is 0. The molecule has 0 aliphatic rings. The minimum Gasteiger partial charge on any atom is -0.310 e. The Bertz CT molecular complexity index is 2570. The second-order valence-corrected chi connectivity index (χ2v) is 12.6. The third-order valence-corrected chi connectivity index (χ3v) is 9.57. The van der Waals surface area contributed by atoms with Crippen LogP contribution in [0.15, 0.2) is 206 Å². The highest BCUT2D eigenvalue weighted by molar-refractivity contribution is 6.10. The molecule has 236 valence electrons. The predicted molar refractivity (Wildman–Crippen MR) is 212 cm³/mol. The second-order valence-electron chi connectivity index (χ2n) is 12.6. The van der Waals surface area contributed by atoms with E-state index in [1.165, 1.54) is 60.9 Å². The van der Waals surface area contributed by atoms with Crippen LogP contribution in [0.4, 0.5) is 17.1 Å². The number of aromatic nitrogens is 1. The van der Waals surface area contributed by atoms with Crippen LogP contribution < -0.4 is 4.90 Å². The molecule has 2 nitrogen and oxygen atoms in total. The number of hydrogen-bond acceptors (Lipinski definition) is 1. The van der Waals surface area contributed by atoms with Gasteiger partial charge in [-0.3, -0.25) is 0 Å². The number of anilines is 3. The van der Waals surface area contributed by atoms with E-state index in [9.17, 15) is 0 Å². The maximum Gasteiger partial charge on any atom is 0.0541 e. The Hall–Kier alpha value is -6.64. The summed E-state index contributed by atoms with van der Waals surface area (Å²) < 4.78 is 2.37. The summed E-state index contributed by atoms with van der Waals surface area (Å²) in [5.74, 6) is 0. The van der Waals surface area contributed by atoms with Crippen LogP contribution >= 0.6 is 0 Å². The molecule has 0 fully saturated rings. The lowest BCUT2D eigenvalue weighted by atomic mass is 9.97. The third kappa shape index (κ3) is 5.43. The standard InChI is InChI=1S/C48H34N2/c1-4-14-35(15-5-1)36-26-29-43(30-27-36)49(41-19-6-2-7-20-41)44-23-13-18-39(33-44)37-16-12-17-38(32-37)40-28-31-48-46(34-40)45-24-10-11-25-47(45)50(48)42-21-8-3-9-22-42/h1-34H. The molecule has 0 atom stereocenters. The first-order valence-corrected chi connectivity index (χ1v) is 17.1. The molecule has 9 aromatic rings. The van der Waals surface area contributed by atoms with Crippen LogP contribution in [-0.2, 0) is 0 Å². The van der Waals surface area contributed by atoms with Crippen molar-refractivity contribution in [2.75, 3.05) is 4.90 Å². The van der Waals surface area contributed by atoms with Gasteiger partial charge in [-0.25, -0.2) is 0 Å². The van der Waals surface area contributed by atoms with Gasteiger partial charge in [-0.15, -0.1) is 0 Å². The van der Waals surface area contributed by atoms with Gasteiger partial charge in [-0.2, -0.15) is 0 Å². The zero-order chi connectivity index (χ0) is 33.3. The van der Waals surface area contributed by atoms with Gasteiger partial charge in [0.25, 0.3) is 0 Å². The fourth-order valence-electron chi connectivity index (χ4n) is 7.17. The Kier molecular flexibility index (Phi) is 7.53. The van der Waals surface area contributed by atoms with Crippen molar-refractivity contribution in [3.05, 3.63) is 206 Å². The summed E-state index contributed by atoms with van der Waals surface area (Å²) in [5, 5.41) is 2.51. The highest BCUT2D eigenvalue weighted by Crippen LogP contribution is 2.39. The topological polar surface area (TPSA) is 8.17 Å². The zero-order valence-corrected chi connectivity index (χ0v) is 27.5. The molecule has 9 rings (SSSR count). The molecule has 0 N–H and O–H groups in total. The molecule has 50 heavy (non-hydrogen) atoms. The van der Waals surface area contributed by atoms with Crippen molar-refractivity contribution in [3.63, 3.8) is 0 Å². The van der Waals surface area contributed by atoms with Crippen LogP contribution in [0.1, 0.15) is 0 Å². The van der Waals surface area contributed by atoms with Gasteiger partial charge in [0, 0.05) is 33.5 Å². The Labute approximate surface area is 292 Å². The molecule has 0 bridgehead atoms. The van der Waals surface area contributed by atoms with Gasteiger partial charge in [0.1, 0.15) is 0 Å². The molecule has 0 unspecified atom stereocenters. The Morgan fingerprint density at radius 3 is 1.50 bits per heavy atom. The van der Waals surface area contributed by atoms with Crippen molar-refractivity contribution < 1.29 is 0 Å². The van der Waals surface area contributed by atoms with Gasteiger partial charge in [0.05, 0.1) is 11.0 Å². The SMILES string of the molecule is c1ccc(-c2ccc(N(c3ccccc3)c3cccc(-c4cccc(-c5ccc6c(c5)c5ccccc5n6-c5ccccc5)c4)c3)cc2)cc1. The molecule has 0 amide bonds. The lowest BCUT2D eigenvalue weighted by Gasteiger charge is -2.26. The predicted octanol–water partition coefficient (Wildman–Crippen LogP) is 13.3. The minimum absolute atomic E-state index is 1.11. The normalized spacial score (nSPS) is 11.2. The largest absolute Gasteiger partial charge is 0.310 e. The first kappa shape index (κ1) is 29.5. The lowest BCUT2D eigenvalue weighted by molar-refractivity contribution is 1.18. The maximum atomic E-state index is 2.37. The van der Waals surface area contributed by atoms with Crippen LogP contribution in [0.3, 0.4) is 0 Å². The molecule has 0 aliphatic carbocycles. The average molecular weight is 639 g/mol. The number of para-hydroxylation sites is 3. The second kappa shape index (κ2) is 12.8. The molecule has 1 heterocycles. The monoisotopic (exact) mass is 638 g/mol. The Morgan fingerprint density at radius 2 is 0.760 bits per heavy atom. The number of benzene rings is 8. The molecule has 8 aromatic carbocycles. The van der Waals surface area contributed by atoms with Crippen molar-refractivity contribution in [3.8, 4) is 39.1 Å². The highest BCUT2D eigenvalue weighted by Gasteiger charge is 2.15. The lowest BCUT2D eigenvalue weighted by Crippen LogP contribution is -2.09. The summed E-state index contributed by atoms with van der Waals surface area (Å²) in [6.45, 7) is 0. The Balaban J connectivity index is 1.10. The van der Waals surface area contributed by atoms with E-state index in [4.69, 9.17) is 0 Å².